The Kier molecular flexibility index (Phi) is 10.6. The fourth-order valence-electron chi connectivity index (χ4n) is 3.86. The van der Waals surface area contributed by atoms with Crippen LogP contribution in [-0.4, -0.2) is 66.1 Å². The monoisotopic (exact) mass is 505 g/mol. The van der Waals surface area contributed by atoms with Gasteiger partial charge in [-0.1, -0.05) is 25.7 Å². The van der Waals surface area contributed by atoms with Crippen molar-refractivity contribution < 1.29 is 9.47 Å². The van der Waals surface area contributed by atoms with Gasteiger partial charge >= 0.3 is 0 Å². The first-order valence-corrected chi connectivity index (χ1v) is 10.5. The Morgan fingerprint density at radius 1 is 1.32 bits per heavy atom. The molecule has 1 aliphatic carbocycles. The van der Waals surface area contributed by atoms with Crippen molar-refractivity contribution in [3.05, 3.63) is 18.0 Å². The van der Waals surface area contributed by atoms with Gasteiger partial charge in [0, 0.05) is 31.9 Å². The third-order valence-electron chi connectivity index (χ3n) is 5.31. The largest absolute Gasteiger partial charge is 0.376 e. The van der Waals surface area contributed by atoms with Crippen LogP contribution in [-0.2, 0) is 16.5 Å². The first kappa shape index (κ1) is 23.4. The molecule has 0 aromatic carbocycles. The van der Waals surface area contributed by atoms with E-state index in [1.165, 1.54) is 38.5 Å². The van der Waals surface area contributed by atoms with Crippen LogP contribution in [0.15, 0.2) is 17.4 Å². The van der Waals surface area contributed by atoms with Crippen molar-refractivity contribution in [1.82, 2.24) is 20.0 Å². The summed E-state index contributed by atoms with van der Waals surface area (Å²) < 4.78 is 13.9. The van der Waals surface area contributed by atoms with Crippen LogP contribution < -0.4 is 5.32 Å². The molecule has 2 heterocycles. The summed E-state index contributed by atoms with van der Waals surface area (Å²) >= 11 is 0. The molecule has 0 radical (unpaired) electrons. The molecule has 8 heteroatoms. The molecule has 1 aromatic rings. The van der Waals surface area contributed by atoms with E-state index in [1.54, 1.807) is 0 Å². The van der Waals surface area contributed by atoms with E-state index in [2.05, 4.69) is 22.2 Å². The Morgan fingerprint density at radius 2 is 2.11 bits per heavy atom. The summed E-state index contributed by atoms with van der Waals surface area (Å²) in [6.07, 6.45) is 12.1. The number of halogens is 1. The van der Waals surface area contributed by atoms with Crippen molar-refractivity contribution in [2.45, 2.75) is 57.7 Å². The van der Waals surface area contributed by atoms with Gasteiger partial charge in [0.2, 0.25) is 0 Å². The van der Waals surface area contributed by atoms with E-state index < -0.39 is 0 Å². The van der Waals surface area contributed by atoms with Crippen LogP contribution in [0.1, 0.15) is 57.1 Å². The van der Waals surface area contributed by atoms with Gasteiger partial charge in [0.15, 0.2) is 5.96 Å². The van der Waals surface area contributed by atoms with Crippen molar-refractivity contribution in [2.24, 2.45) is 12.0 Å². The highest BCUT2D eigenvalue weighted by Gasteiger charge is 2.25. The number of aromatic nitrogens is 2. The second kappa shape index (κ2) is 12.6. The second-order valence-corrected chi connectivity index (χ2v) is 7.47. The van der Waals surface area contributed by atoms with E-state index in [1.807, 2.05) is 24.1 Å². The predicted octanol–water partition coefficient (Wildman–Crippen LogP) is 3.12. The number of hydrogen-bond donors (Lipinski definition) is 1. The number of rotatable bonds is 6. The van der Waals surface area contributed by atoms with Crippen molar-refractivity contribution in [1.29, 1.82) is 0 Å². The molecule has 0 amide bonds. The minimum Gasteiger partial charge on any atom is -0.376 e. The van der Waals surface area contributed by atoms with Gasteiger partial charge in [-0.2, -0.15) is 5.10 Å². The van der Waals surface area contributed by atoms with Crippen molar-refractivity contribution in [2.75, 3.05) is 39.4 Å². The van der Waals surface area contributed by atoms with E-state index in [-0.39, 0.29) is 30.1 Å². The first-order valence-electron chi connectivity index (χ1n) is 10.5. The molecule has 2 aliphatic rings. The molecule has 1 aromatic heterocycles. The molecule has 28 heavy (non-hydrogen) atoms. The maximum absolute atomic E-state index is 6.08. The van der Waals surface area contributed by atoms with E-state index in [0.717, 1.165) is 31.2 Å². The lowest BCUT2D eigenvalue weighted by atomic mass is 10.1. The predicted molar refractivity (Wildman–Crippen MR) is 122 cm³/mol. The number of guanidine groups is 1. The van der Waals surface area contributed by atoms with Gasteiger partial charge < -0.3 is 19.7 Å². The van der Waals surface area contributed by atoms with Gasteiger partial charge in [-0.25, -0.2) is 0 Å². The number of morpholine rings is 1. The molecule has 7 nitrogen and oxygen atoms in total. The Balaban J connectivity index is 0.00000280. The molecule has 3 rings (SSSR count). The molecule has 160 valence electrons. The maximum Gasteiger partial charge on any atom is 0.194 e. The van der Waals surface area contributed by atoms with Gasteiger partial charge in [0.1, 0.15) is 6.10 Å². The fourth-order valence-corrected chi connectivity index (χ4v) is 3.86. The molecule has 1 atom stereocenters. The van der Waals surface area contributed by atoms with Crippen LogP contribution in [0.25, 0.3) is 0 Å². The topological polar surface area (TPSA) is 63.9 Å². The normalized spacial score (nSPS) is 21.9. The highest BCUT2D eigenvalue weighted by atomic mass is 127. The first-order chi connectivity index (χ1) is 13.3. The van der Waals surface area contributed by atoms with Crippen molar-refractivity contribution >= 4 is 29.9 Å². The lowest BCUT2D eigenvalue weighted by Crippen LogP contribution is -2.48. The summed E-state index contributed by atoms with van der Waals surface area (Å²) in [4.78, 5) is 7.10. The average molecular weight is 505 g/mol. The maximum atomic E-state index is 6.08. The fraction of sp³-hybridized carbons (Fsp3) is 0.800. The molecule has 1 N–H and O–H groups in total. The number of aliphatic imine (C=N–C) groups is 1. The summed E-state index contributed by atoms with van der Waals surface area (Å²) in [6.45, 7) is 6.72. The Hall–Kier alpha value is -0.870. The molecular formula is C20H36IN5O2. The summed E-state index contributed by atoms with van der Waals surface area (Å²) in [6, 6.07) is 0. The Labute approximate surface area is 186 Å². The van der Waals surface area contributed by atoms with E-state index in [9.17, 15) is 0 Å². The third-order valence-corrected chi connectivity index (χ3v) is 5.31. The van der Waals surface area contributed by atoms with Gasteiger partial charge in [-0.3, -0.25) is 9.67 Å². The molecule has 0 bridgehead atoms. The van der Waals surface area contributed by atoms with Crippen LogP contribution in [0.5, 0.6) is 0 Å². The lowest BCUT2D eigenvalue weighted by molar-refractivity contribution is -0.00816. The van der Waals surface area contributed by atoms with Gasteiger partial charge in [-0.05, 0) is 19.8 Å². The third kappa shape index (κ3) is 7.18. The van der Waals surface area contributed by atoms with E-state index >= 15 is 0 Å². The standard InChI is InChI=1S/C20H35N5O2.HI/c1-3-21-20(22-10-12-26-18-8-6-4-5-7-9-18)25-11-13-27-19(16-25)17-14-23-24(2)15-17;/h14-15,18-19H,3-13,16H2,1-2H3,(H,21,22);1H. The SMILES string of the molecule is CCNC(=NCCOC1CCCCCC1)N1CCOC(c2cnn(C)c2)C1.I. The number of aryl methyl sites for hydroxylation is 1. The van der Waals surface area contributed by atoms with Crippen molar-refractivity contribution in [3.8, 4) is 0 Å². The minimum atomic E-state index is 0. The van der Waals surface area contributed by atoms with E-state index in [4.69, 9.17) is 14.5 Å². The lowest BCUT2D eigenvalue weighted by Gasteiger charge is -2.34. The number of nitrogens with one attached hydrogen (secondary N) is 1. The quantitative estimate of drug-likeness (QED) is 0.212. The van der Waals surface area contributed by atoms with Crippen LogP contribution in [0.3, 0.4) is 0 Å². The number of hydrogen-bond acceptors (Lipinski definition) is 4. The molecule has 1 saturated heterocycles. The zero-order valence-corrected chi connectivity index (χ0v) is 19.6. The van der Waals surface area contributed by atoms with Crippen LogP contribution in [0.2, 0.25) is 0 Å². The Bertz CT molecular complexity index is 587. The molecule has 1 aliphatic heterocycles. The summed E-state index contributed by atoms with van der Waals surface area (Å²) in [5.74, 6) is 0.958. The highest BCUT2D eigenvalue weighted by molar-refractivity contribution is 14.0. The highest BCUT2D eigenvalue weighted by Crippen LogP contribution is 2.22. The molecule has 1 unspecified atom stereocenters. The van der Waals surface area contributed by atoms with E-state index in [0.29, 0.717) is 25.9 Å². The van der Waals surface area contributed by atoms with Gasteiger partial charge in [-0.15, -0.1) is 24.0 Å². The zero-order chi connectivity index (χ0) is 18.9. The van der Waals surface area contributed by atoms with Crippen LogP contribution in [0, 0.1) is 0 Å². The molecule has 1 saturated carbocycles. The number of ether oxygens (including phenoxy) is 2. The summed E-state index contributed by atoms with van der Waals surface area (Å²) in [7, 11) is 1.93. The summed E-state index contributed by atoms with van der Waals surface area (Å²) in [5, 5.41) is 7.69. The zero-order valence-electron chi connectivity index (χ0n) is 17.3. The second-order valence-electron chi connectivity index (χ2n) is 7.47. The molecule has 0 spiro atoms. The van der Waals surface area contributed by atoms with Crippen molar-refractivity contribution in [3.63, 3.8) is 0 Å². The van der Waals surface area contributed by atoms with Crippen LogP contribution >= 0.6 is 24.0 Å². The van der Waals surface area contributed by atoms with Gasteiger partial charge in [0.25, 0.3) is 0 Å². The summed E-state index contributed by atoms with van der Waals surface area (Å²) in [5.41, 5.74) is 1.12. The molecule has 2 fully saturated rings. The van der Waals surface area contributed by atoms with Gasteiger partial charge in [0.05, 0.1) is 38.6 Å². The minimum absolute atomic E-state index is 0. The average Bonchev–Trinajstić information content (AvgIpc) is 2.96. The molecular weight excluding hydrogens is 469 g/mol. The number of nitrogens with zero attached hydrogens (tertiary/aromatic N) is 4. The Morgan fingerprint density at radius 3 is 2.79 bits per heavy atom. The smallest absolute Gasteiger partial charge is 0.194 e. The van der Waals surface area contributed by atoms with Crippen LogP contribution in [0.4, 0.5) is 0 Å².